The lowest BCUT2D eigenvalue weighted by atomic mass is 10.1. The Morgan fingerprint density at radius 2 is 1.17 bits per heavy atom. The van der Waals surface area contributed by atoms with E-state index in [1.165, 1.54) is 33.6 Å². The number of nitrogens with one attached hydrogen (secondary N) is 2. The summed E-state index contributed by atoms with van der Waals surface area (Å²) in [5.74, 6) is 0. The van der Waals surface area contributed by atoms with Crippen LogP contribution in [0.15, 0.2) is 72.8 Å². The Morgan fingerprint density at radius 3 is 1.75 bits per heavy atom. The first kappa shape index (κ1) is 16.1. The number of anilines is 2. The van der Waals surface area contributed by atoms with Crippen LogP contribution in [-0.4, -0.2) is 0 Å². The van der Waals surface area contributed by atoms with Gasteiger partial charge in [-0.1, -0.05) is 66.7 Å². The molecule has 0 radical (unpaired) electrons. The zero-order chi connectivity index (χ0) is 16.8. The SMILES string of the molecule is Cc1ccc(NCc2ccccc2)c(C)c1NCc1ccccc1. The Bertz CT molecular complexity index is 780. The third-order valence-corrected chi connectivity index (χ3v) is 4.31. The largest absolute Gasteiger partial charge is 0.381 e. The molecule has 122 valence electrons. The van der Waals surface area contributed by atoms with Crippen molar-refractivity contribution in [2.75, 3.05) is 10.6 Å². The molecular weight excluding hydrogens is 292 g/mol. The molecule has 0 atom stereocenters. The predicted molar refractivity (Wildman–Crippen MR) is 103 cm³/mol. The molecule has 0 amide bonds. The highest BCUT2D eigenvalue weighted by Gasteiger charge is 2.07. The standard InChI is InChI=1S/C22H24N2/c1-17-13-14-21(23-15-19-9-5-3-6-10-19)18(2)22(17)24-16-20-11-7-4-8-12-20/h3-14,23-24H,15-16H2,1-2H3. The molecule has 0 fully saturated rings. The van der Waals surface area contributed by atoms with Gasteiger partial charge in [0.1, 0.15) is 0 Å². The van der Waals surface area contributed by atoms with E-state index in [2.05, 4.69) is 85.1 Å². The summed E-state index contributed by atoms with van der Waals surface area (Å²) in [4.78, 5) is 0. The third-order valence-electron chi connectivity index (χ3n) is 4.31. The molecule has 2 nitrogen and oxygen atoms in total. The van der Waals surface area contributed by atoms with Gasteiger partial charge in [-0.3, -0.25) is 0 Å². The minimum atomic E-state index is 0.836. The Hall–Kier alpha value is -2.74. The summed E-state index contributed by atoms with van der Waals surface area (Å²) in [5.41, 5.74) is 7.52. The molecule has 0 heterocycles. The molecule has 3 aromatic rings. The van der Waals surface area contributed by atoms with E-state index in [1.807, 2.05) is 12.1 Å². The highest BCUT2D eigenvalue weighted by atomic mass is 14.9. The van der Waals surface area contributed by atoms with Crippen LogP contribution in [0.3, 0.4) is 0 Å². The van der Waals surface area contributed by atoms with Gasteiger partial charge in [0.05, 0.1) is 0 Å². The van der Waals surface area contributed by atoms with Crippen molar-refractivity contribution in [3.8, 4) is 0 Å². The van der Waals surface area contributed by atoms with Gasteiger partial charge < -0.3 is 10.6 Å². The molecule has 3 aromatic carbocycles. The van der Waals surface area contributed by atoms with Crippen molar-refractivity contribution >= 4 is 11.4 Å². The zero-order valence-corrected chi connectivity index (χ0v) is 14.3. The fourth-order valence-electron chi connectivity index (χ4n) is 2.89. The average molecular weight is 316 g/mol. The van der Waals surface area contributed by atoms with Crippen molar-refractivity contribution in [2.45, 2.75) is 26.9 Å². The second kappa shape index (κ2) is 7.69. The Morgan fingerprint density at radius 1 is 0.625 bits per heavy atom. The predicted octanol–water partition coefficient (Wildman–Crippen LogP) is 5.53. The third kappa shape index (κ3) is 3.96. The van der Waals surface area contributed by atoms with Gasteiger partial charge in [0.2, 0.25) is 0 Å². The van der Waals surface area contributed by atoms with E-state index in [1.54, 1.807) is 0 Å². The summed E-state index contributed by atoms with van der Waals surface area (Å²) in [6.45, 7) is 6.00. The first-order chi connectivity index (χ1) is 11.7. The maximum absolute atomic E-state index is 3.60. The molecule has 0 aliphatic rings. The maximum Gasteiger partial charge on any atom is 0.0423 e. The van der Waals surface area contributed by atoms with E-state index < -0.39 is 0 Å². The molecule has 2 heteroatoms. The summed E-state index contributed by atoms with van der Waals surface area (Å²) in [5, 5.41) is 7.15. The lowest BCUT2D eigenvalue weighted by Crippen LogP contribution is -2.06. The monoisotopic (exact) mass is 316 g/mol. The van der Waals surface area contributed by atoms with E-state index in [4.69, 9.17) is 0 Å². The molecule has 0 aliphatic carbocycles. The van der Waals surface area contributed by atoms with E-state index in [9.17, 15) is 0 Å². The lowest BCUT2D eigenvalue weighted by Gasteiger charge is -2.17. The van der Waals surface area contributed by atoms with Crippen LogP contribution < -0.4 is 10.6 Å². The van der Waals surface area contributed by atoms with E-state index in [0.29, 0.717) is 0 Å². The van der Waals surface area contributed by atoms with Gasteiger partial charge in [-0.15, -0.1) is 0 Å². The molecule has 24 heavy (non-hydrogen) atoms. The molecule has 0 saturated heterocycles. The van der Waals surface area contributed by atoms with Crippen molar-refractivity contribution in [3.63, 3.8) is 0 Å². The molecule has 0 bridgehead atoms. The van der Waals surface area contributed by atoms with Gasteiger partial charge in [-0.25, -0.2) is 0 Å². The van der Waals surface area contributed by atoms with Gasteiger partial charge in [-0.05, 0) is 42.2 Å². The van der Waals surface area contributed by atoms with Crippen molar-refractivity contribution in [1.29, 1.82) is 0 Å². The Labute approximate surface area is 144 Å². The number of benzene rings is 3. The number of hydrogen-bond acceptors (Lipinski definition) is 2. The van der Waals surface area contributed by atoms with Crippen LogP contribution in [0.25, 0.3) is 0 Å². The maximum atomic E-state index is 3.60. The molecular formula is C22H24N2. The molecule has 0 unspecified atom stereocenters. The summed E-state index contributed by atoms with van der Waals surface area (Å²) in [6, 6.07) is 25.3. The van der Waals surface area contributed by atoms with Crippen molar-refractivity contribution < 1.29 is 0 Å². The smallest absolute Gasteiger partial charge is 0.0423 e. The van der Waals surface area contributed by atoms with Crippen LogP contribution in [0.5, 0.6) is 0 Å². The highest BCUT2D eigenvalue weighted by Crippen LogP contribution is 2.28. The van der Waals surface area contributed by atoms with E-state index in [0.717, 1.165) is 13.1 Å². The Kier molecular flexibility index (Phi) is 5.17. The summed E-state index contributed by atoms with van der Waals surface area (Å²) in [7, 11) is 0. The van der Waals surface area contributed by atoms with Gasteiger partial charge in [0.15, 0.2) is 0 Å². The molecule has 0 spiro atoms. The molecule has 0 aliphatic heterocycles. The Balaban J connectivity index is 1.72. The van der Waals surface area contributed by atoms with E-state index in [-0.39, 0.29) is 0 Å². The quantitative estimate of drug-likeness (QED) is 0.625. The molecule has 0 saturated carbocycles. The number of hydrogen-bond donors (Lipinski definition) is 2. The second-order valence-electron chi connectivity index (χ2n) is 6.11. The van der Waals surface area contributed by atoms with Crippen molar-refractivity contribution in [3.05, 3.63) is 95.1 Å². The first-order valence-electron chi connectivity index (χ1n) is 8.40. The molecule has 3 rings (SSSR count). The van der Waals surface area contributed by atoms with Gasteiger partial charge in [-0.2, -0.15) is 0 Å². The summed E-state index contributed by atoms with van der Waals surface area (Å²) < 4.78 is 0. The van der Waals surface area contributed by atoms with Crippen molar-refractivity contribution in [2.24, 2.45) is 0 Å². The number of aryl methyl sites for hydroxylation is 1. The van der Waals surface area contributed by atoms with Gasteiger partial charge in [0.25, 0.3) is 0 Å². The second-order valence-corrected chi connectivity index (χ2v) is 6.11. The lowest BCUT2D eigenvalue weighted by molar-refractivity contribution is 1.11. The normalized spacial score (nSPS) is 10.4. The van der Waals surface area contributed by atoms with Crippen LogP contribution in [0.2, 0.25) is 0 Å². The van der Waals surface area contributed by atoms with Gasteiger partial charge >= 0.3 is 0 Å². The van der Waals surface area contributed by atoms with Crippen LogP contribution in [0.1, 0.15) is 22.3 Å². The highest BCUT2D eigenvalue weighted by molar-refractivity contribution is 5.68. The molecule has 0 aromatic heterocycles. The topological polar surface area (TPSA) is 24.1 Å². The molecule has 2 N–H and O–H groups in total. The first-order valence-corrected chi connectivity index (χ1v) is 8.40. The zero-order valence-electron chi connectivity index (χ0n) is 14.3. The van der Waals surface area contributed by atoms with Crippen LogP contribution in [0, 0.1) is 13.8 Å². The number of rotatable bonds is 6. The van der Waals surface area contributed by atoms with E-state index >= 15 is 0 Å². The van der Waals surface area contributed by atoms with Crippen LogP contribution in [0.4, 0.5) is 11.4 Å². The van der Waals surface area contributed by atoms with Crippen LogP contribution in [-0.2, 0) is 13.1 Å². The van der Waals surface area contributed by atoms with Gasteiger partial charge in [0, 0.05) is 24.5 Å². The average Bonchev–Trinajstić information content (AvgIpc) is 2.63. The summed E-state index contributed by atoms with van der Waals surface area (Å²) in [6.07, 6.45) is 0. The summed E-state index contributed by atoms with van der Waals surface area (Å²) >= 11 is 0. The van der Waals surface area contributed by atoms with Crippen LogP contribution >= 0.6 is 0 Å². The fraction of sp³-hybridized carbons (Fsp3) is 0.182. The van der Waals surface area contributed by atoms with Crippen molar-refractivity contribution in [1.82, 2.24) is 0 Å². The minimum Gasteiger partial charge on any atom is -0.381 e. The fourth-order valence-corrected chi connectivity index (χ4v) is 2.89. The minimum absolute atomic E-state index is 0.836.